The van der Waals surface area contributed by atoms with Crippen LogP contribution in [-0.4, -0.2) is 43.8 Å². The summed E-state index contributed by atoms with van der Waals surface area (Å²) in [5, 5.41) is 19.3. The number of carbonyl (C=O) groups is 2. The van der Waals surface area contributed by atoms with Crippen molar-refractivity contribution < 1.29 is 27.9 Å². The van der Waals surface area contributed by atoms with E-state index < -0.39 is 34.5 Å². The second kappa shape index (κ2) is 12.7. The molecule has 1 amide bonds. The van der Waals surface area contributed by atoms with Gasteiger partial charge in [0.25, 0.3) is 0 Å². The highest BCUT2D eigenvalue weighted by Crippen LogP contribution is 2.17. The van der Waals surface area contributed by atoms with E-state index in [2.05, 4.69) is 10.0 Å². The highest BCUT2D eigenvalue weighted by Gasteiger charge is 2.25. The van der Waals surface area contributed by atoms with Crippen LogP contribution in [0.5, 0.6) is 5.75 Å². The number of carbonyl (C=O) groups excluding carboxylic acids is 1. The third-order valence-corrected chi connectivity index (χ3v) is 6.85. The van der Waals surface area contributed by atoms with Crippen LogP contribution in [0.3, 0.4) is 0 Å². The lowest BCUT2D eigenvalue weighted by molar-refractivity contribution is -0.138. The number of amides is 1. The van der Waals surface area contributed by atoms with E-state index in [0.29, 0.717) is 24.3 Å². The van der Waals surface area contributed by atoms with E-state index >= 15 is 0 Å². The number of hydrogen-bond acceptors (Lipinski definition) is 6. The molecule has 10 nitrogen and oxygen atoms in total. The van der Waals surface area contributed by atoms with Gasteiger partial charge in [0.05, 0.1) is 4.90 Å². The maximum atomic E-state index is 12.4. The number of nitrogens with one attached hydrogen (secondary N) is 3. The number of nitrogens with two attached hydrogens (primary N) is 1. The molecular formula is C26H28N4O6S. The number of nitrogen functional groups attached to an aromatic ring is 1. The Morgan fingerprint density at radius 3 is 2.32 bits per heavy atom. The van der Waals surface area contributed by atoms with Crippen LogP contribution < -0.4 is 20.5 Å². The summed E-state index contributed by atoms with van der Waals surface area (Å²) >= 11 is 0. The van der Waals surface area contributed by atoms with Gasteiger partial charge in [0.2, 0.25) is 15.9 Å². The average Bonchev–Trinajstić information content (AvgIpc) is 2.89. The molecule has 0 aromatic heterocycles. The molecule has 1 unspecified atom stereocenters. The van der Waals surface area contributed by atoms with E-state index in [1.54, 1.807) is 30.3 Å². The quantitative estimate of drug-likeness (QED) is 0.168. The lowest BCUT2D eigenvalue weighted by atomic mass is 10.1. The normalized spacial score (nSPS) is 11.9. The smallest absolute Gasteiger partial charge is 0.323 e. The standard InChI is InChI=1S/C26H28N4O6S/c27-25(28)20-12-9-19(10-13-20)17-36-21-6-4-5-18(15-21)11-14-24(31)29-16-23(26(32)33)30-37(34,35)22-7-2-1-3-8-22/h1-10,12-13,15,23,30H,11,14,16-17H2,(H3,27,28)(H,29,31)(H,32,33). The van der Waals surface area contributed by atoms with E-state index in [9.17, 15) is 23.1 Å². The van der Waals surface area contributed by atoms with Gasteiger partial charge in [0.1, 0.15) is 24.2 Å². The summed E-state index contributed by atoms with van der Waals surface area (Å²) in [6.45, 7) is -0.0800. The minimum atomic E-state index is -4.06. The van der Waals surface area contributed by atoms with Crippen LogP contribution in [0.4, 0.5) is 0 Å². The van der Waals surface area contributed by atoms with Gasteiger partial charge in [-0.1, -0.05) is 54.6 Å². The predicted octanol–water partition coefficient (Wildman–Crippen LogP) is 2.03. The Kier molecular flexibility index (Phi) is 9.36. The van der Waals surface area contributed by atoms with Crippen molar-refractivity contribution in [1.29, 1.82) is 5.41 Å². The number of benzene rings is 3. The molecule has 0 fully saturated rings. The minimum Gasteiger partial charge on any atom is -0.489 e. The molecule has 0 aliphatic rings. The maximum absolute atomic E-state index is 12.4. The number of amidine groups is 1. The fraction of sp³-hybridized carbons (Fsp3) is 0.192. The van der Waals surface area contributed by atoms with Crippen molar-refractivity contribution >= 4 is 27.7 Å². The van der Waals surface area contributed by atoms with Gasteiger partial charge in [-0.15, -0.1) is 0 Å². The van der Waals surface area contributed by atoms with Crippen molar-refractivity contribution in [2.75, 3.05) is 6.54 Å². The molecule has 1 atom stereocenters. The average molecular weight is 525 g/mol. The van der Waals surface area contributed by atoms with Gasteiger partial charge < -0.3 is 20.9 Å². The van der Waals surface area contributed by atoms with Gasteiger partial charge in [-0.2, -0.15) is 4.72 Å². The first-order valence-corrected chi connectivity index (χ1v) is 12.8. The van der Waals surface area contributed by atoms with E-state index in [4.69, 9.17) is 15.9 Å². The Hall–Kier alpha value is -4.22. The van der Waals surface area contributed by atoms with E-state index in [0.717, 1.165) is 11.1 Å². The van der Waals surface area contributed by atoms with Crippen molar-refractivity contribution in [2.24, 2.45) is 5.73 Å². The SMILES string of the molecule is N=C(N)c1ccc(COc2cccc(CCC(=O)NCC(NS(=O)(=O)c3ccccc3)C(=O)O)c2)cc1. The zero-order valence-corrected chi connectivity index (χ0v) is 20.7. The summed E-state index contributed by atoms with van der Waals surface area (Å²) < 4.78 is 32.7. The lowest BCUT2D eigenvalue weighted by Gasteiger charge is -2.15. The molecule has 0 spiro atoms. The summed E-state index contributed by atoms with van der Waals surface area (Å²) in [5.41, 5.74) is 7.84. The maximum Gasteiger partial charge on any atom is 0.323 e. The van der Waals surface area contributed by atoms with Gasteiger partial charge in [-0.25, -0.2) is 8.42 Å². The van der Waals surface area contributed by atoms with E-state index in [1.807, 2.05) is 24.3 Å². The zero-order chi connectivity index (χ0) is 26.8. The first-order valence-electron chi connectivity index (χ1n) is 11.4. The van der Waals surface area contributed by atoms with E-state index in [-0.39, 0.29) is 17.2 Å². The molecule has 194 valence electrons. The summed E-state index contributed by atoms with van der Waals surface area (Å²) in [4.78, 5) is 23.8. The van der Waals surface area contributed by atoms with Crippen LogP contribution in [0.1, 0.15) is 23.1 Å². The molecule has 3 rings (SSSR count). The number of sulfonamides is 1. The summed E-state index contributed by atoms with van der Waals surface area (Å²) in [7, 11) is -4.06. The predicted molar refractivity (Wildman–Crippen MR) is 138 cm³/mol. The first-order chi connectivity index (χ1) is 17.6. The number of ether oxygens (including phenoxy) is 1. The Balaban J connectivity index is 1.48. The van der Waals surface area contributed by atoms with Gasteiger partial charge in [0.15, 0.2) is 0 Å². The third kappa shape index (κ3) is 8.44. The molecular weight excluding hydrogens is 496 g/mol. The highest BCUT2D eigenvalue weighted by molar-refractivity contribution is 7.89. The Labute approximate surface area is 215 Å². The number of rotatable bonds is 13. The number of hydrogen-bond donors (Lipinski definition) is 5. The van der Waals surface area contributed by atoms with Crippen molar-refractivity contribution in [3.05, 3.63) is 95.6 Å². The topological polar surface area (TPSA) is 172 Å². The molecule has 0 bridgehead atoms. The number of carboxylic acid groups (broad SMARTS) is 1. The number of aliphatic carboxylic acids is 1. The summed E-state index contributed by atoms with van der Waals surface area (Å²) in [6, 6.07) is 20.3. The first kappa shape index (κ1) is 27.4. The molecule has 6 N–H and O–H groups in total. The van der Waals surface area contributed by atoms with Crippen LogP contribution >= 0.6 is 0 Å². The summed E-state index contributed by atoms with van der Waals surface area (Å²) in [6.07, 6.45) is 0.456. The zero-order valence-electron chi connectivity index (χ0n) is 19.9. The van der Waals surface area contributed by atoms with Crippen LogP contribution in [0.15, 0.2) is 83.8 Å². The Morgan fingerprint density at radius 1 is 0.973 bits per heavy atom. The molecule has 0 aliphatic heterocycles. The van der Waals surface area contributed by atoms with Crippen LogP contribution in [-0.2, 0) is 32.6 Å². The van der Waals surface area contributed by atoms with Crippen molar-refractivity contribution in [3.8, 4) is 5.75 Å². The fourth-order valence-corrected chi connectivity index (χ4v) is 4.54. The molecule has 3 aromatic rings. The monoisotopic (exact) mass is 524 g/mol. The van der Waals surface area contributed by atoms with E-state index in [1.165, 1.54) is 24.3 Å². The second-order valence-corrected chi connectivity index (χ2v) is 9.89. The number of carboxylic acids is 1. The van der Waals surface area contributed by atoms with Crippen molar-refractivity contribution in [2.45, 2.75) is 30.4 Å². The molecule has 3 aromatic carbocycles. The molecule has 0 heterocycles. The Bertz CT molecular complexity index is 1340. The van der Waals surface area contributed by atoms with Crippen LogP contribution in [0, 0.1) is 5.41 Å². The molecule has 37 heavy (non-hydrogen) atoms. The van der Waals surface area contributed by atoms with Gasteiger partial charge >= 0.3 is 5.97 Å². The van der Waals surface area contributed by atoms with Gasteiger partial charge in [-0.3, -0.25) is 15.0 Å². The van der Waals surface area contributed by atoms with Gasteiger partial charge in [-0.05, 0) is 41.8 Å². The van der Waals surface area contributed by atoms with Crippen LogP contribution in [0.2, 0.25) is 0 Å². The fourth-order valence-electron chi connectivity index (χ4n) is 3.33. The second-order valence-electron chi connectivity index (χ2n) is 8.18. The summed E-state index contributed by atoms with van der Waals surface area (Å²) in [5.74, 6) is -1.20. The lowest BCUT2D eigenvalue weighted by Crippen LogP contribution is -2.48. The van der Waals surface area contributed by atoms with Crippen LogP contribution in [0.25, 0.3) is 0 Å². The molecule has 0 saturated carbocycles. The molecule has 0 aliphatic carbocycles. The number of aryl methyl sites for hydroxylation is 1. The minimum absolute atomic E-state index is 0.00355. The molecule has 11 heteroatoms. The highest BCUT2D eigenvalue weighted by atomic mass is 32.2. The van der Waals surface area contributed by atoms with Gasteiger partial charge in [0, 0.05) is 18.5 Å². The van der Waals surface area contributed by atoms with Crippen molar-refractivity contribution in [3.63, 3.8) is 0 Å². The largest absolute Gasteiger partial charge is 0.489 e. The molecule has 0 radical (unpaired) electrons. The van der Waals surface area contributed by atoms with Crippen molar-refractivity contribution in [1.82, 2.24) is 10.0 Å². The Morgan fingerprint density at radius 2 is 1.68 bits per heavy atom. The molecule has 0 saturated heterocycles. The third-order valence-electron chi connectivity index (χ3n) is 5.36.